The van der Waals surface area contributed by atoms with Crippen molar-refractivity contribution < 1.29 is 9.59 Å². The molecule has 0 saturated heterocycles. The van der Waals surface area contributed by atoms with Crippen LogP contribution in [-0.4, -0.2) is 21.4 Å². The number of nitrogens with two attached hydrogens (primary N) is 1. The van der Waals surface area contributed by atoms with Crippen LogP contribution in [0.1, 0.15) is 16.1 Å². The number of nitrogens with one attached hydrogen (secondary N) is 1. The number of rotatable bonds is 4. The van der Waals surface area contributed by atoms with Gasteiger partial charge in [-0.3, -0.25) is 19.0 Å². The Labute approximate surface area is 120 Å². The van der Waals surface area contributed by atoms with Crippen LogP contribution in [0.25, 0.3) is 0 Å². The Morgan fingerprint density at radius 3 is 2.71 bits per heavy atom. The van der Waals surface area contributed by atoms with Gasteiger partial charge in [0.25, 0.3) is 11.5 Å². The van der Waals surface area contributed by atoms with E-state index in [1.54, 1.807) is 25.1 Å². The number of aromatic nitrogens is 2. The van der Waals surface area contributed by atoms with Crippen LogP contribution < -0.4 is 16.6 Å². The Hall–Kier alpha value is -2.96. The van der Waals surface area contributed by atoms with Crippen LogP contribution in [0.4, 0.5) is 5.69 Å². The fraction of sp³-hybridized carbons (Fsp3) is 0.143. The molecular formula is C14H14N4O3. The lowest BCUT2D eigenvalue weighted by atomic mass is 10.1. The predicted octanol–water partition coefficient (Wildman–Crippen LogP) is 0.289. The number of nitrogens with zero attached hydrogens (tertiary/aromatic N) is 2. The lowest BCUT2D eigenvalue weighted by Gasteiger charge is -2.09. The van der Waals surface area contributed by atoms with E-state index in [-0.39, 0.29) is 17.7 Å². The first kappa shape index (κ1) is 14.4. The average molecular weight is 286 g/mol. The number of benzene rings is 1. The summed E-state index contributed by atoms with van der Waals surface area (Å²) in [5.74, 6) is -1.09. The van der Waals surface area contributed by atoms with Gasteiger partial charge < -0.3 is 11.1 Å². The van der Waals surface area contributed by atoms with Gasteiger partial charge in [0, 0.05) is 11.8 Å². The van der Waals surface area contributed by atoms with E-state index in [0.717, 1.165) is 0 Å². The van der Waals surface area contributed by atoms with Crippen molar-refractivity contribution >= 4 is 17.5 Å². The molecular weight excluding hydrogens is 272 g/mol. The van der Waals surface area contributed by atoms with E-state index in [0.29, 0.717) is 11.4 Å². The highest BCUT2D eigenvalue weighted by molar-refractivity contribution is 6.02. The van der Waals surface area contributed by atoms with Crippen LogP contribution in [0.3, 0.4) is 0 Å². The van der Waals surface area contributed by atoms with E-state index in [1.165, 1.54) is 23.0 Å². The largest absolute Gasteiger partial charge is 0.366 e. The van der Waals surface area contributed by atoms with Crippen molar-refractivity contribution in [2.24, 2.45) is 5.73 Å². The number of aryl methyl sites for hydroxylation is 1. The molecule has 1 aromatic carbocycles. The smallest absolute Gasteiger partial charge is 0.253 e. The molecule has 0 aliphatic heterocycles. The number of carbonyl (C=O) groups excluding carboxylic acids is 2. The summed E-state index contributed by atoms with van der Waals surface area (Å²) in [7, 11) is 0. The minimum Gasteiger partial charge on any atom is -0.366 e. The third kappa shape index (κ3) is 3.53. The van der Waals surface area contributed by atoms with Crippen LogP contribution >= 0.6 is 0 Å². The van der Waals surface area contributed by atoms with Gasteiger partial charge in [0.05, 0.1) is 17.6 Å². The topological polar surface area (TPSA) is 107 Å². The quantitative estimate of drug-likeness (QED) is 0.842. The molecule has 0 unspecified atom stereocenters. The van der Waals surface area contributed by atoms with Crippen LogP contribution in [-0.2, 0) is 11.3 Å². The standard InChI is InChI=1S/C14H14N4O3/c1-9-6-13(20)18(8-16-9)7-12(19)17-11-5-3-2-4-10(11)14(15)21/h2-6,8H,7H2,1H3,(H2,15,21)(H,17,19). The molecule has 0 bridgehead atoms. The zero-order valence-corrected chi connectivity index (χ0v) is 11.4. The second-order valence-electron chi connectivity index (χ2n) is 4.45. The van der Waals surface area contributed by atoms with Crippen LogP contribution in [0.15, 0.2) is 41.5 Å². The van der Waals surface area contributed by atoms with Gasteiger partial charge in [0.1, 0.15) is 6.54 Å². The van der Waals surface area contributed by atoms with Gasteiger partial charge in [-0.2, -0.15) is 0 Å². The summed E-state index contributed by atoms with van der Waals surface area (Å²) >= 11 is 0. The van der Waals surface area contributed by atoms with Crippen LogP contribution in [0.5, 0.6) is 0 Å². The minimum absolute atomic E-state index is 0.195. The van der Waals surface area contributed by atoms with Gasteiger partial charge in [0.2, 0.25) is 5.91 Å². The molecule has 7 heteroatoms. The molecule has 108 valence electrons. The molecule has 0 radical (unpaired) electrons. The first-order valence-corrected chi connectivity index (χ1v) is 6.19. The molecule has 2 amide bonds. The third-order valence-electron chi connectivity index (χ3n) is 2.80. The fourth-order valence-electron chi connectivity index (χ4n) is 1.79. The predicted molar refractivity (Wildman–Crippen MR) is 76.8 cm³/mol. The molecule has 0 atom stereocenters. The highest BCUT2D eigenvalue weighted by atomic mass is 16.2. The lowest BCUT2D eigenvalue weighted by Crippen LogP contribution is -2.28. The second kappa shape index (κ2) is 6.00. The molecule has 2 aromatic rings. The number of anilines is 1. The number of hydrogen-bond donors (Lipinski definition) is 2. The number of carbonyl (C=O) groups is 2. The maximum Gasteiger partial charge on any atom is 0.253 e. The monoisotopic (exact) mass is 286 g/mol. The molecule has 7 nitrogen and oxygen atoms in total. The third-order valence-corrected chi connectivity index (χ3v) is 2.80. The molecule has 21 heavy (non-hydrogen) atoms. The number of amides is 2. The molecule has 1 heterocycles. The van der Waals surface area contributed by atoms with Gasteiger partial charge in [0.15, 0.2) is 0 Å². The summed E-state index contributed by atoms with van der Waals surface area (Å²) in [6, 6.07) is 7.72. The zero-order valence-electron chi connectivity index (χ0n) is 11.4. The molecule has 2 rings (SSSR count). The summed E-state index contributed by atoms with van der Waals surface area (Å²) in [5, 5.41) is 2.55. The molecule has 0 aliphatic rings. The maximum absolute atomic E-state index is 11.9. The summed E-state index contributed by atoms with van der Waals surface area (Å²) in [6.07, 6.45) is 1.30. The van der Waals surface area contributed by atoms with Crippen molar-refractivity contribution in [2.45, 2.75) is 13.5 Å². The van der Waals surface area contributed by atoms with Crippen molar-refractivity contribution in [1.29, 1.82) is 0 Å². The van der Waals surface area contributed by atoms with Crippen LogP contribution in [0, 0.1) is 6.92 Å². The maximum atomic E-state index is 11.9. The van der Waals surface area contributed by atoms with Gasteiger partial charge in [-0.15, -0.1) is 0 Å². The van der Waals surface area contributed by atoms with E-state index < -0.39 is 11.8 Å². The van der Waals surface area contributed by atoms with Crippen molar-refractivity contribution in [2.75, 3.05) is 5.32 Å². The highest BCUT2D eigenvalue weighted by Crippen LogP contribution is 2.14. The Kier molecular flexibility index (Phi) is 4.13. The Morgan fingerprint density at radius 1 is 1.33 bits per heavy atom. The van der Waals surface area contributed by atoms with Crippen molar-refractivity contribution in [3.05, 3.63) is 58.3 Å². The second-order valence-corrected chi connectivity index (χ2v) is 4.45. The number of primary amides is 1. The fourth-order valence-corrected chi connectivity index (χ4v) is 1.79. The zero-order chi connectivity index (χ0) is 15.4. The highest BCUT2D eigenvalue weighted by Gasteiger charge is 2.11. The molecule has 1 aromatic heterocycles. The molecule has 0 fully saturated rings. The summed E-state index contributed by atoms with van der Waals surface area (Å²) in [5.41, 5.74) is 6.01. The number of hydrogen-bond acceptors (Lipinski definition) is 4. The van der Waals surface area contributed by atoms with E-state index >= 15 is 0 Å². The normalized spacial score (nSPS) is 10.1. The van der Waals surface area contributed by atoms with Gasteiger partial charge in [-0.25, -0.2) is 4.98 Å². The Bertz CT molecular complexity index is 752. The van der Waals surface area contributed by atoms with Crippen molar-refractivity contribution in [3.8, 4) is 0 Å². The lowest BCUT2D eigenvalue weighted by molar-refractivity contribution is -0.116. The van der Waals surface area contributed by atoms with E-state index in [9.17, 15) is 14.4 Å². The van der Waals surface area contributed by atoms with E-state index in [2.05, 4.69) is 10.3 Å². The van der Waals surface area contributed by atoms with Crippen LogP contribution in [0.2, 0.25) is 0 Å². The van der Waals surface area contributed by atoms with Crippen molar-refractivity contribution in [3.63, 3.8) is 0 Å². The van der Waals surface area contributed by atoms with E-state index in [1.807, 2.05) is 0 Å². The van der Waals surface area contributed by atoms with Gasteiger partial charge in [-0.1, -0.05) is 12.1 Å². The molecule has 0 saturated carbocycles. The summed E-state index contributed by atoms with van der Waals surface area (Å²) in [6.45, 7) is 1.49. The Morgan fingerprint density at radius 2 is 2.05 bits per heavy atom. The molecule has 3 N–H and O–H groups in total. The number of para-hydroxylation sites is 1. The Balaban J connectivity index is 2.16. The SMILES string of the molecule is Cc1cc(=O)n(CC(=O)Nc2ccccc2C(N)=O)cn1. The summed E-state index contributed by atoms with van der Waals surface area (Å²) in [4.78, 5) is 38.8. The summed E-state index contributed by atoms with van der Waals surface area (Å²) < 4.78 is 1.18. The molecule has 0 spiro atoms. The van der Waals surface area contributed by atoms with Gasteiger partial charge in [-0.05, 0) is 19.1 Å². The van der Waals surface area contributed by atoms with Crippen molar-refractivity contribution in [1.82, 2.24) is 9.55 Å². The average Bonchev–Trinajstić information content (AvgIpc) is 2.42. The first-order valence-electron chi connectivity index (χ1n) is 6.19. The molecule has 0 aliphatic carbocycles. The van der Waals surface area contributed by atoms with Gasteiger partial charge >= 0.3 is 0 Å². The first-order chi connectivity index (χ1) is 9.97. The minimum atomic E-state index is -0.639. The van der Waals surface area contributed by atoms with E-state index in [4.69, 9.17) is 5.73 Å².